The molecule has 1 aromatic carbocycles. The molecule has 4 nitrogen and oxygen atoms in total. The van der Waals surface area contributed by atoms with Gasteiger partial charge in [0.15, 0.2) is 8.32 Å². The molecule has 1 aromatic rings. The van der Waals surface area contributed by atoms with Crippen molar-refractivity contribution in [2.24, 2.45) is 0 Å². The molecule has 182 valence electrons. The minimum Gasteiger partial charge on any atom is -0.479 e. The average molecular weight is 515 g/mol. The Balaban J connectivity index is 2.60. The monoisotopic (exact) mass is 514 g/mol. The SMILES string of the molecule is CCCCC(C)[Si](CCCOC(=O)c1ccc(CSC(=S)OCC)cc1)(O[SiH3])C(C)(C)C. The van der Waals surface area contributed by atoms with Gasteiger partial charge in [0, 0.05) is 5.75 Å². The van der Waals surface area contributed by atoms with Gasteiger partial charge in [0.25, 0.3) is 0 Å². The molecule has 0 N–H and O–H groups in total. The molecule has 0 saturated heterocycles. The summed E-state index contributed by atoms with van der Waals surface area (Å²) in [6.45, 7) is 14.5. The zero-order chi connectivity index (χ0) is 24.2. The Morgan fingerprint density at radius 2 is 1.81 bits per heavy atom. The van der Waals surface area contributed by atoms with Gasteiger partial charge in [-0.25, -0.2) is 4.79 Å². The first-order chi connectivity index (χ1) is 15.1. The summed E-state index contributed by atoms with van der Waals surface area (Å²) < 4.78 is 17.9. The minimum atomic E-state index is -1.95. The van der Waals surface area contributed by atoms with Crippen LogP contribution in [0, 0.1) is 0 Å². The molecule has 0 bridgehead atoms. The number of carbonyl (C=O) groups is 1. The van der Waals surface area contributed by atoms with E-state index in [2.05, 4.69) is 34.6 Å². The molecule has 0 amide bonds. The Labute approximate surface area is 209 Å². The van der Waals surface area contributed by atoms with E-state index in [-0.39, 0.29) is 11.0 Å². The van der Waals surface area contributed by atoms with Crippen LogP contribution in [0.4, 0.5) is 0 Å². The fourth-order valence-electron chi connectivity index (χ4n) is 4.34. The van der Waals surface area contributed by atoms with Crippen molar-refractivity contribution >= 4 is 53.1 Å². The second kappa shape index (κ2) is 14.6. The van der Waals surface area contributed by atoms with E-state index >= 15 is 0 Å². The van der Waals surface area contributed by atoms with E-state index in [0.29, 0.717) is 28.7 Å². The number of unbranched alkanes of at least 4 members (excludes halogenated alkanes) is 1. The highest BCUT2D eigenvalue weighted by atomic mass is 32.2. The van der Waals surface area contributed by atoms with E-state index in [1.165, 1.54) is 31.0 Å². The summed E-state index contributed by atoms with van der Waals surface area (Å²) >= 11 is 6.62. The van der Waals surface area contributed by atoms with Gasteiger partial charge in [-0.3, -0.25) is 0 Å². The molecule has 0 saturated carbocycles. The molecule has 8 heteroatoms. The Morgan fingerprint density at radius 1 is 1.16 bits per heavy atom. The van der Waals surface area contributed by atoms with Gasteiger partial charge in [0.2, 0.25) is 4.38 Å². The van der Waals surface area contributed by atoms with Crippen molar-refractivity contribution in [2.75, 3.05) is 13.2 Å². The molecular formula is C24H42O4S2Si2. The summed E-state index contributed by atoms with van der Waals surface area (Å²) in [6, 6.07) is 8.57. The van der Waals surface area contributed by atoms with E-state index in [9.17, 15) is 4.79 Å². The molecule has 0 heterocycles. The maximum absolute atomic E-state index is 12.5. The zero-order valence-electron chi connectivity index (χ0n) is 21.0. The zero-order valence-corrected chi connectivity index (χ0v) is 25.6. The van der Waals surface area contributed by atoms with Crippen LogP contribution in [0.5, 0.6) is 0 Å². The average Bonchev–Trinajstić information content (AvgIpc) is 2.75. The van der Waals surface area contributed by atoms with Crippen molar-refractivity contribution in [3.8, 4) is 0 Å². The number of thioether (sulfide) groups is 1. The number of esters is 1. The number of hydrogen-bond donors (Lipinski definition) is 0. The van der Waals surface area contributed by atoms with Crippen LogP contribution in [0.15, 0.2) is 24.3 Å². The fourth-order valence-corrected chi connectivity index (χ4v) is 14.2. The van der Waals surface area contributed by atoms with Gasteiger partial charge in [-0.1, -0.05) is 77.8 Å². The lowest BCUT2D eigenvalue weighted by Gasteiger charge is -2.46. The van der Waals surface area contributed by atoms with Crippen molar-refractivity contribution in [2.45, 2.75) is 89.6 Å². The van der Waals surface area contributed by atoms with Crippen LogP contribution in [0.2, 0.25) is 16.6 Å². The minimum absolute atomic E-state index is 0.171. The van der Waals surface area contributed by atoms with Crippen LogP contribution in [0.3, 0.4) is 0 Å². The largest absolute Gasteiger partial charge is 0.479 e. The second-order valence-corrected chi connectivity index (χ2v) is 17.3. The van der Waals surface area contributed by atoms with Gasteiger partial charge >= 0.3 is 5.97 Å². The number of ether oxygens (including phenoxy) is 2. The number of thiocarbonyl (C=S) groups is 1. The Morgan fingerprint density at radius 3 is 2.34 bits per heavy atom. The van der Waals surface area contributed by atoms with E-state index in [1.54, 1.807) is 0 Å². The van der Waals surface area contributed by atoms with Gasteiger partial charge in [-0.15, -0.1) is 0 Å². The third-order valence-electron chi connectivity index (χ3n) is 6.15. The summed E-state index contributed by atoms with van der Waals surface area (Å²) in [5.41, 5.74) is 2.29. The predicted molar refractivity (Wildman–Crippen MR) is 147 cm³/mol. The van der Waals surface area contributed by atoms with Gasteiger partial charge in [-0.05, 0) is 59.9 Å². The normalized spacial score (nSPS) is 14.6. The standard InChI is InChI=1S/C24H42O4S2Si2/c1-7-9-11-19(3)32(28-31,24(4,5)6)17-10-16-27-22(25)21-14-12-20(13-15-21)18-30-23(29)26-8-2/h12-15,19H,7-11,16-18H2,1-6,31H3. The van der Waals surface area contributed by atoms with E-state index in [1.807, 2.05) is 31.2 Å². The van der Waals surface area contributed by atoms with Gasteiger partial charge in [-0.2, -0.15) is 0 Å². The van der Waals surface area contributed by atoms with Crippen LogP contribution >= 0.6 is 24.0 Å². The molecule has 2 unspecified atom stereocenters. The highest BCUT2D eigenvalue weighted by molar-refractivity contribution is 8.22. The third-order valence-corrected chi connectivity index (χ3v) is 15.9. The van der Waals surface area contributed by atoms with Crippen molar-refractivity contribution < 1.29 is 18.4 Å². The number of benzene rings is 1. The van der Waals surface area contributed by atoms with Crippen molar-refractivity contribution in [3.05, 3.63) is 35.4 Å². The maximum Gasteiger partial charge on any atom is 0.338 e. The molecule has 0 radical (unpaired) electrons. The van der Waals surface area contributed by atoms with Crippen molar-refractivity contribution in [1.29, 1.82) is 0 Å². The van der Waals surface area contributed by atoms with Crippen molar-refractivity contribution in [1.82, 2.24) is 0 Å². The van der Waals surface area contributed by atoms with Crippen molar-refractivity contribution in [3.63, 3.8) is 0 Å². The summed E-state index contributed by atoms with van der Waals surface area (Å²) in [5.74, 6) is 0.465. The molecule has 0 spiro atoms. The molecule has 1 rings (SSSR count). The Hall–Kier alpha value is -0.676. The van der Waals surface area contributed by atoms with Crippen LogP contribution in [-0.2, 0) is 19.3 Å². The number of carbonyl (C=O) groups excluding carboxylic acids is 1. The smallest absolute Gasteiger partial charge is 0.338 e. The topological polar surface area (TPSA) is 44.8 Å². The molecule has 0 aliphatic rings. The molecule has 2 atom stereocenters. The summed E-state index contributed by atoms with van der Waals surface area (Å²) in [6.07, 6.45) is 4.55. The first kappa shape index (κ1) is 29.4. The van der Waals surface area contributed by atoms with Gasteiger partial charge < -0.3 is 13.6 Å². The predicted octanol–water partition coefficient (Wildman–Crippen LogP) is 6.41. The van der Waals surface area contributed by atoms with E-state index in [4.69, 9.17) is 25.8 Å². The molecule has 32 heavy (non-hydrogen) atoms. The third kappa shape index (κ3) is 8.93. The van der Waals surface area contributed by atoms with Gasteiger partial charge in [0.1, 0.15) is 10.5 Å². The van der Waals surface area contributed by atoms with Gasteiger partial charge in [0.05, 0.1) is 18.8 Å². The number of rotatable bonds is 13. The van der Waals surface area contributed by atoms with E-state index < -0.39 is 8.32 Å². The number of hydrogen-bond acceptors (Lipinski definition) is 6. The van der Waals surface area contributed by atoms with Crippen LogP contribution in [0.25, 0.3) is 0 Å². The summed E-state index contributed by atoms with van der Waals surface area (Å²) in [5, 5.41) is 0.171. The lowest BCUT2D eigenvalue weighted by atomic mass is 10.1. The van der Waals surface area contributed by atoms with E-state index in [0.717, 1.165) is 34.3 Å². The molecular weight excluding hydrogens is 473 g/mol. The second-order valence-electron chi connectivity index (χ2n) is 9.29. The first-order valence-corrected chi connectivity index (χ1v) is 16.1. The molecule has 0 aromatic heterocycles. The van der Waals surface area contributed by atoms with Crippen LogP contribution < -0.4 is 0 Å². The Kier molecular flexibility index (Phi) is 13.4. The Bertz CT molecular complexity index is 707. The fraction of sp³-hybridized carbons (Fsp3) is 0.667. The molecule has 0 aliphatic carbocycles. The van der Waals surface area contributed by atoms with Crippen LogP contribution in [0.1, 0.15) is 83.1 Å². The summed E-state index contributed by atoms with van der Waals surface area (Å²) in [4.78, 5) is 12.5. The lowest BCUT2D eigenvalue weighted by molar-refractivity contribution is 0.0503. The summed E-state index contributed by atoms with van der Waals surface area (Å²) in [7, 11) is -1.18. The highest BCUT2D eigenvalue weighted by Crippen LogP contribution is 2.48. The quantitative estimate of drug-likeness (QED) is 0.131. The molecule has 0 aliphatic heterocycles. The highest BCUT2D eigenvalue weighted by Gasteiger charge is 2.48. The lowest BCUT2D eigenvalue weighted by Crippen LogP contribution is -2.50. The molecule has 0 fully saturated rings. The van der Waals surface area contributed by atoms with Crippen LogP contribution in [-0.4, -0.2) is 42.4 Å². The first-order valence-electron chi connectivity index (χ1n) is 11.7. The maximum atomic E-state index is 12.5.